The van der Waals surface area contributed by atoms with Gasteiger partial charge in [-0.1, -0.05) is 18.7 Å². The molecule has 92 valence electrons. The van der Waals surface area contributed by atoms with Gasteiger partial charge in [0, 0.05) is 12.1 Å². The number of hydrogen-bond donors (Lipinski definition) is 0. The highest BCUT2D eigenvalue weighted by atomic mass is 16.1. The van der Waals surface area contributed by atoms with E-state index in [2.05, 4.69) is 32.5 Å². The molecule has 0 atom stereocenters. The summed E-state index contributed by atoms with van der Waals surface area (Å²) >= 11 is 0. The summed E-state index contributed by atoms with van der Waals surface area (Å²) in [6.07, 6.45) is 0.968. The largest absolute Gasteiger partial charge is 0.309 e. The zero-order valence-electron chi connectivity index (χ0n) is 11.2. The van der Waals surface area contributed by atoms with Crippen molar-refractivity contribution < 1.29 is 4.79 Å². The molecule has 0 saturated heterocycles. The third kappa shape index (κ3) is 3.82. The summed E-state index contributed by atoms with van der Waals surface area (Å²) in [5, 5.41) is 0. The van der Waals surface area contributed by atoms with Crippen molar-refractivity contribution in [1.82, 2.24) is 4.90 Å². The molecule has 0 aliphatic rings. The molecule has 0 saturated carbocycles. The number of aryl methyl sites for hydroxylation is 1. The van der Waals surface area contributed by atoms with E-state index in [9.17, 15) is 4.79 Å². The van der Waals surface area contributed by atoms with Crippen molar-refractivity contribution in [2.24, 2.45) is 0 Å². The van der Waals surface area contributed by atoms with E-state index in [4.69, 9.17) is 0 Å². The van der Waals surface area contributed by atoms with Crippen LogP contribution in [0.2, 0.25) is 0 Å². The number of likely N-dealkylation sites (N-methyl/N-ethyl adjacent to an activating group) is 1. The predicted molar refractivity (Wildman–Crippen MR) is 72.6 cm³/mol. The first-order chi connectivity index (χ1) is 7.91. The van der Waals surface area contributed by atoms with Gasteiger partial charge in [-0.2, -0.15) is 0 Å². The van der Waals surface area contributed by atoms with Crippen LogP contribution in [0.4, 0.5) is 0 Å². The fourth-order valence-corrected chi connectivity index (χ4v) is 1.67. The molecule has 1 rings (SSSR count). The maximum absolute atomic E-state index is 11.8. The number of benzene rings is 1. The van der Waals surface area contributed by atoms with Crippen LogP contribution in [0.1, 0.15) is 28.4 Å². The molecule has 0 aromatic heterocycles. The second-order valence-corrected chi connectivity index (χ2v) is 4.80. The first kappa shape index (κ1) is 13.7. The third-order valence-electron chi connectivity index (χ3n) is 2.83. The highest BCUT2D eigenvalue weighted by Crippen LogP contribution is 2.14. The third-order valence-corrected chi connectivity index (χ3v) is 2.83. The summed E-state index contributed by atoms with van der Waals surface area (Å²) in [5.74, 6) is 0.0381. The van der Waals surface area contributed by atoms with Crippen LogP contribution in [0, 0.1) is 6.92 Å². The zero-order valence-corrected chi connectivity index (χ0v) is 11.2. The van der Waals surface area contributed by atoms with Crippen molar-refractivity contribution in [1.29, 1.82) is 0 Å². The van der Waals surface area contributed by atoms with Gasteiger partial charge in [0.05, 0.1) is 0 Å². The average molecular weight is 231 g/mol. The zero-order chi connectivity index (χ0) is 13.0. The van der Waals surface area contributed by atoms with Crippen LogP contribution >= 0.6 is 0 Å². The van der Waals surface area contributed by atoms with Gasteiger partial charge in [0.15, 0.2) is 5.78 Å². The minimum atomic E-state index is 0.0381. The van der Waals surface area contributed by atoms with E-state index in [-0.39, 0.29) is 5.78 Å². The summed E-state index contributed by atoms with van der Waals surface area (Å²) in [4.78, 5) is 14.0. The molecule has 2 heteroatoms. The van der Waals surface area contributed by atoms with Gasteiger partial charge in [-0.05, 0) is 57.1 Å². The molecule has 0 aliphatic heterocycles. The van der Waals surface area contributed by atoms with Crippen molar-refractivity contribution in [2.75, 3.05) is 20.6 Å². The highest BCUT2D eigenvalue weighted by Gasteiger charge is 2.08. The van der Waals surface area contributed by atoms with Crippen molar-refractivity contribution in [3.05, 3.63) is 47.0 Å². The molecule has 2 nitrogen and oxygen atoms in total. The Balaban J connectivity index is 2.94. The monoisotopic (exact) mass is 231 g/mol. The van der Waals surface area contributed by atoms with Crippen LogP contribution in [-0.2, 0) is 6.42 Å². The molecule has 0 heterocycles. The molecule has 0 fully saturated rings. The van der Waals surface area contributed by atoms with Crippen LogP contribution in [0.3, 0.4) is 0 Å². The van der Waals surface area contributed by atoms with E-state index in [1.54, 1.807) is 6.92 Å². The molecule has 0 spiro atoms. The number of Topliss-reactive ketones (excluding diaryl/α,β-unsaturated/α-hetero) is 1. The van der Waals surface area contributed by atoms with Crippen molar-refractivity contribution >= 4 is 5.78 Å². The Kier molecular flexibility index (Phi) is 4.64. The Labute approximate surface area is 104 Å². The second-order valence-electron chi connectivity index (χ2n) is 4.80. The van der Waals surface area contributed by atoms with Gasteiger partial charge in [0.1, 0.15) is 0 Å². The molecule has 0 aliphatic carbocycles. The molecule has 0 radical (unpaired) electrons. The smallest absolute Gasteiger partial charge is 0.188 e. The number of carbonyl (C=O) groups excluding carboxylic acids is 1. The average Bonchev–Trinajstić information content (AvgIpc) is 2.26. The van der Waals surface area contributed by atoms with E-state index in [0.29, 0.717) is 5.57 Å². The summed E-state index contributed by atoms with van der Waals surface area (Å²) in [6.45, 7) is 8.53. The van der Waals surface area contributed by atoms with E-state index < -0.39 is 0 Å². The lowest BCUT2D eigenvalue weighted by Crippen LogP contribution is -2.15. The fraction of sp³-hybridized carbons (Fsp3) is 0.400. The summed E-state index contributed by atoms with van der Waals surface area (Å²) in [6, 6.07) is 5.89. The van der Waals surface area contributed by atoms with Crippen LogP contribution in [0.5, 0.6) is 0 Å². The molecule has 0 N–H and O–H groups in total. The second kappa shape index (κ2) is 5.78. The Morgan fingerprint density at radius 3 is 2.53 bits per heavy atom. The lowest BCUT2D eigenvalue weighted by Gasteiger charge is -2.12. The van der Waals surface area contributed by atoms with Gasteiger partial charge >= 0.3 is 0 Å². The SMILES string of the molecule is C=C(C)C(=O)c1ccc(C)c(CCN(C)C)c1. The normalized spacial score (nSPS) is 10.6. The van der Waals surface area contributed by atoms with E-state index >= 15 is 0 Å². The maximum atomic E-state index is 11.8. The van der Waals surface area contributed by atoms with Crippen LogP contribution in [0.25, 0.3) is 0 Å². The Morgan fingerprint density at radius 2 is 2.00 bits per heavy atom. The van der Waals surface area contributed by atoms with E-state index in [1.807, 2.05) is 18.2 Å². The quantitative estimate of drug-likeness (QED) is 0.573. The van der Waals surface area contributed by atoms with Gasteiger partial charge in [-0.3, -0.25) is 4.79 Å². The first-order valence-electron chi connectivity index (χ1n) is 5.86. The summed E-state index contributed by atoms with van der Waals surface area (Å²) in [5.41, 5.74) is 3.82. The number of carbonyl (C=O) groups is 1. The number of nitrogens with zero attached hydrogens (tertiary/aromatic N) is 1. The Morgan fingerprint density at radius 1 is 1.35 bits per heavy atom. The summed E-state index contributed by atoms with van der Waals surface area (Å²) < 4.78 is 0. The summed E-state index contributed by atoms with van der Waals surface area (Å²) in [7, 11) is 4.11. The molecule has 1 aromatic carbocycles. The standard InChI is InChI=1S/C15H21NO/c1-11(2)15(17)14-7-6-12(3)13(10-14)8-9-16(4)5/h6-7,10H,1,8-9H2,2-5H3. The fourth-order valence-electron chi connectivity index (χ4n) is 1.67. The molecule has 1 aromatic rings. The highest BCUT2D eigenvalue weighted by molar-refractivity contribution is 6.08. The predicted octanol–water partition coefficient (Wildman–Crippen LogP) is 2.86. The van der Waals surface area contributed by atoms with Gasteiger partial charge in [0.2, 0.25) is 0 Å². The minimum absolute atomic E-state index is 0.0381. The molecular weight excluding hydrogens is 210 g/mol. The van der Waals surface area contributed by atoms with Crippen molar-refractivity contribution in [2.45, 2.75) is 20.3 Å². The van der Waals surface area contributed by atoms with Crippen molar-refractivity contribution in [3.63, 3.8) is 0 Å². The van der Waals surface area contributed by atoms with E-state index in [1.165, 1.54) is 11.1 Å². The van der Waals surface area contributed by atoms with Crippen molar-refractivity contribution in [3.8, 4) is 0 Å². The minimum Gasteiger partial charge on any atom is -0.309 e. The Hall–Kier alpha value is -1.41. The van der Waals surface area contributed by atoms with Gasteiger partial charge < -0.3 is 4.90 Å². The lowest BCUT2D eigenvalue weighted by atomic mass is 9.98. The van der Waals surface area contributed by atoms with Crippen LogP contribution in [0.15, 0.2) is 30.4 Å². The van der Waals surface area contributed by atoms with E-state index in [0.717, 1.165) is 18.5 Å². The maximum Gasteiger partial charge on any atom is 0.188 e. The van der Waals surface area contributed by atoms with Gasteiger partial charge in [-0.25, -0.2) is 0 Å². The molecule has 0 amide bonds. The lowest BCUT2D eigenvalue weighted by molar-refractivity contribution is 0.103. The number of ketones is 1. The van der Waals surface area contributed by atoms with Gasteiger partial charge in [-0.15, -0.1) is 0 Å². The Bertz CT molecular complexity index is 433. The van der Waals surface area contributed by atoms with Gasteiger partial charge in [0.25, 0.3) is 0 Å². The number of hydrogen-bond acceptors (Lipinski definition) is 2. The first-order valence-corrected chi connectivity index (χ1v) is 5.86. The van der Waals surface area contributed by atoms with Crippen LogP contribution in [-0.4, -0.2) is 31.3 Å². The number of allylic oxidation sites excluding steroid dienone is 1. The molecule has 17 heavy (non-hydrogen) atoms. The molecule has 0 unspecified atom stereocenters. The molecule has 0 bridgehead atoms. The van der Waals surface area contributed by atoms with Crippen LogP contribution < -0.4 is 0 Å². The molecular formula is C15H21NO. The number of rotatable bonds is 5. The topological polar surface area (TPSA) is 20.3 Å².